The third kappa shape index (κ3) is 5.25. The monoisotopic (exact) mass is 408 g/mol. The molecule has 1 unspecified atom stereocenters. The highest BCUT2D eigenvalue weighted by Crippen LogP contribution is 2.15. The van der Waals surface area contributed by atoms with Crippen LogP contribution in [0.5, 0.6) is 0 Å². The number of rotatable bonds is 8. The van der Waals surface area contributed by atoms with Gasteiger partial charge in [0.1, 0.15) is 12.7 Å². The maximum absolute atomic E-state index is 12.2. The summed E-state index contributed by atoms with van der Waals surface area (Å²) in [5.74, 6) is -0.596. The van der Waals surface area contributed by atoms with Crippen LogP contribution in [0.4, 0.5) is 5.69 Å². The first kappa shape index (κ1) is 20.6. The van der Waals surface area contributed by atoms with E-state index in [-0.39, 0.29) is 30.6 Å². The fraction of sp³-hybridized carbons (Fsp3) is 0.200. The molecule has 154 valence electrons. The molecule has 10 heteroatoms. The Bertz CT molecular complexity index is 1020. The van der Waals surface area contributed by atoms with Crippen LogP contribution in [0.1, 0.15) is 35.3 Å². The second-order valence-corrected chi connectivity index (χ2v) is 6.53. The van der Waals surface area contributed by atoms with Crippen molar-refractivity contribution < 1.29 is 14.5 Å². The van der Waals surface area contributed by atoms with Crippen LogP contribution in [0.15, 0.2) is 61.2 Å². The maximum atomic E-state index is 12.2. The summed E-state index contributed by atoms with van der Waals surface area (Å²) in [6.07, 6.45) is 3.17. The van der Waals surface area contributed by atoms with Gasteiger partial charge >= 0.3 is 0 Å². The summed E-state index contributed by atoms with van der Waals surface area (Å²) in [5.41, 5.74) is 2.00. The van der Waals surface area contributed by atoms with E-state index in [2.05, 4.69) is 20.7 Å². The van der Waals surface area contributed by atoms with Crippen LogP contribution < -0.4 is 10.6 Å². The first-order chi connectivity index (χ1) is 14.4. The molecule has 0 radical (unpaired) electrons. The zero-order chi connectivity index (χ0) is 21.5. The van der Waals surface area contributed by atoms with E-state index in [1.54, 1.807) is 11.0 Å². The van der Waals surface area contributed by atoms with Crippen LogP contribution in [0.25, 0.3) is 5.69 Å². The summed E-state index contributed by atoms with van der Waals surface area (Å²) in [5, 5.41) is 20.2. The molecular weight excluding hydrogens is 388 g/mol. The molecule has 0 aliphatic rings. The maximum Gasteiger partial charge on any atom is 0.269 e. The second-order valence-electron chi connectivity index (χ2n) is 6.53. The largest absolute Gasteiger partial charge is 0.352 e. The number of aromatic nitrogens is 3. The molecule has 3 rings (SSSR count). The summed E-state index contributed by atoms with van der Waals surface area (Å²) in [6.45, 7) is 2.03. The van der Waals surface area contributed by atoms with Crippen molar-refractivity contribution in [3.63, 3.8) is 0 Å². The van der Waals surface area contributed by atoms with Gasteiger partial charge in [-0.25, -0.2) is 9.67 Å². The second kappa shape index (κ2) is 9.41. The number of nitrogens with zero attached hydrogens (tertiary/aromatic N) is 4. The van der Waals surface area contributed by atoms with E-state index in [0.717, 1.165) is 11.3 Å². The molecule has 10 nitrogen and oxygen atoms in total. The van der Waals surface area contributed by atoms with E-state index in [4.69, 9.17) is 0 Å². The van der Waals surface area contributed by atoms with Gasteiger partial charge in [0.05, 0.1) is 16.7 Å². The number of nitro groups is 1. The van der Waals surface area contributed by atoms with Crippen molar-refractivity contribution in [2.24, 2.45) is 0 Å². The smallest absolute Gasteiger partial charge is 0.269 e. The summed E-state index contributed by atoms with van der Waals surface area (Å²) in [4.78, 5) is 38.2. The van der Waals surface area contributed by atoms with Crippen LogP contribution in [-0.2, 0) is 4.79 Å². The van der Waals surface area contributed by atoms with Gasteiger partial charge in [0.25, 0.3) is 11.6 Å². The Morgan fingerprint density at radius 3 is 2.43 bits per heavy atom. The van der Waals surface area contributed by atoms with Crippen LogP contribution in [0.3, 0.4) is 0 Å². The first-order valence-corrected chi connectivity index (χ1v) is 9.21. The molecule has 0 aliphatic heterocycles. The van der Waals surface area contributed by atoms with Gasteiger partial charge in [0, 0.05) is 30.7 Å². The van der Waals surface area contributed by atoms with Crippen LogP contribution in [0.2, 0.25) is 0 Å². The van der Waals surface area contributed by atoms with Crippen molar-refractivity contribution in [3.05, 3.63) is 82.4 Å². The first-order valence-electron chi connectivity index (χ1n) is 9.21. The Hall–Kier alpha value is -4.08. The predicted molar refractivity (Wildman–Crippen MR) is 108 cm³/mol. The summed E-state index contributed by atoms with van der Waals surface area (Å²) in [6, 6.07) is 12.6. The molecule has 0 saturated carbocycles. The number of carbonyl (C=O) groups is 2. The Balaban J connectivity index is 1.44. The highest BCUT2D eigenvalue weighted by atomic mass is 16.6. The average molecular weight is 408 g/mol. The summed E-state index contributed by atoms with van der Waals surface area (Å²) < 4.78 is 1.64. The molecule has 1 heterocycles. The lowest BCUT2D eigenvalue weighted by atomic mass is 10.1. The van der Waals surface area contributed by atoms with E-state index < -0.39 is 10.8 Å². The van der Waals surface area contributed by atoms with Crippen molar-refractivity contribution in [1.82, 2.24) is 25.4 Å². The van der Waals surface area contributed by atoms with Crippen molar-refractivity contribution in [2.75, 3.05) is 6.54 Å². The minimum Gasteiger partial charge on any atom is -0.352 e. The SMILES string of the molecule is CC(NC(=O)CCNC(=O)c1ccc([N+](=O)[O-])cc1)c1ccc(-n2cncn2)cc1. The Morgan fingerprint density at radius 1 is 1.13 bits per heavy atom. The number of carbonyl (C=O) groups excluding carboxylic acids is 2. The molecule has 0 spiro atoms. The minimum absolute atomic E-state index is 0.0887. The van der Waals surface area contributed by atoms with E-state index in [9.17, 15) is 19.7 Å². The lowest BCUT2D eigenvalue weighted by Gasteiger charge is -2.15. The zero-order valence-electron chi connectivity index (χ0n) is 16.2. The van der Waals surface area contributed by atoms with Gasteiger partial charge in [-0.2, -0.15) is 5.10 Å². The fourth-order valence-corrected chi connectivity index (χ4v) is 2.78. The highest BCUT2D eigenvalue weighted by Gasteiger charge is 2.12. The molecule has 2 amide bonds. The predicted octanol–water partition coefficient (Wildman–Crippen LogP) is 2.17. The van der Waals surface area contributed by atoms with Gasteiger partial charge in [-0.1, -0.05) is 12.1 Å². The highest BCUT2D eigenvalue weighted by molar-refractivity contribution is 5.94. The molecule has 2 N–H and O–H groups in total. The van der Waals surface area contributed by atoms with Crippen molar-refractivity contribution in [2.45, 2.75) is 19.4 Å². The molecule has 0 fully saturated rings. The number of nitro benzene ring substituents is 1. The molecule has 2 aromatic carbocycles. The normalized spacial score (nSPS) is 11.5. The third-order valence-corrected chi connectivity index (χ3v) is 4.43. The zero-order valence-corrected chi connectivity index (χ0v) is 16.2. The Kier molecular flexibility index (Phi) is 6.48. The third-order valence-electron chi connectivity index (χ3n) is 4.43. The van der Waals surface area contributed by atoms with Crippen molar-refractivity contribution in [1.29, 1.82) is 0 Å². The lowest BCUT2D eigenvalue weighted by molar-refractivity contribution is -0.384. The molecule has 1 atom stereocenters. The Labute approximate surface area is 172 Å². The fourth-order valence-electron chi connectivity index (χ4n) is 2.78. The van der Waals surface area contributed by atoms with Gasteiger partial charge in [-0.3, -0.25) is 19.7 Å². The van der Waals surface area contributed by atoms with Crippen molar-refractivity contribution in [3.8, 4) is 5.69 Å². The number of hydrogen-bond acceptors (Lipinski definition) is 6. The van der Waals surface area contributed by atoms with Gasteiger partial charge < -0.3 is 10.6 Å². The van der Waals surface area contributed by atoms with Gasteiger partial charge in [0.2, 0.25) is 5.91 Å². The van der Waals surface area contributed by atoms with Crippen molar-refractivity contribution >= 4 is 17.5 Å². The topological polar surface area (TPSA) is 132 Å². The number of benzene rings is 2. The lowest BCUT2D eigenvalue weighted by Crippen LogP contribution is -2.32. The van der Waals surface area contributed by atoms with E-state index >= 15 is 0 Å². The molecule has 0 bridgehead atoms. The molecule has 3 aromatic rings. The molecule has 30 heavy (non-hydrogen) atoms. The molecule has 0 aliphatic carbocycles. The summed E-state index contributed by atoms with van der Waals surface area (Å²) in [7, 11) is 0. The van der Waals surface area contributed by atoms with Crippen LogP contribution in [0, 0.1) is 10.1 Å². The van der Waals surface area contributed by atoms with Gasteiger partial charge in [-0.15, -0.1) is 0 Å². The Morgan fingerprint density at radius 2 is 1.83 bits per heavy atom. The number of nitrogens with one attached hydrogen (secondary N) is 2. The van der Waals surface area contributed by atoms with Crippen LogP contribution in [-0.4, -0.2) is 38.0 Å². The number of hydrogen-bond donors (Lipinski definition) is 2. The van der Waals surface area contributed by atoms with E-state index in [1.807, 2.05) is 31.2 Å². The van der Waals surface area contributed by atoms with E-state index in [0.29, 0.717) is 5.56 Å². The quantitative estimate of drug-likeness (QED) is 0.434. The molecular formula is C20H20N6O4. The van der Waals surface area contributed by atoms with Gasteiger partial charge in [-0.05, 0) is 36.8 Å². The van der Waals surface area contributed by atoms with Crippen LogP contribution >= 0.6 is 0 Å². The van der Waals surface area contributed by atoms with Gasteiger partial charge in [0.15, 0.2) is 0 Å². The summed E-state index contributed by atoms with van der Waals surface area (Å²) >= 11 is 0. The number of non-ortho nitro benzene ring substituents is 1. The standard InChI is InChI=1S/C20H20N6O4/c1-14(15-2-6-17(7-3-15)25-13-21-12-23-25)24-19(27)10-11-22-20(28)16-4-8-18(9-5-16)26(29)30/h2-9,12-14H,10-11H2,1H3,(H,22,28)(H,24,27). The molecule has 1 aromatic heterocycles. The van der Waals surface area contributed by atoms with E-state index in [1.165, 1.54) is 30.6 Å². The minimum atomic E-state index is -0.532. The molecule has 0 saturated heterocycles. The average Bonchev–Trinajstić information content (AvgIpc) is 3.28. The number of amides is 2.